The predicted molar refractivity (Wildman–Crippen MR) is 90.6 cm³/mol. The number of nitrogens with one attached hydrogen (secondary N) is 1. The van der Waals surface area contributed by atoms with Crippen molar-refractivity contribution in [2.24, 2.45) is 5.73 Å². The minimum Gasteiger partial charge on any atom is -0.352 e. The lowest BCUT2D eigenvalue weighted by molar-refractivity contribution is -0.123. The first kappa shape index (κ1) is 16.4. The molecule has 0 heterocycles. The van der Waals surface area contributed by atoms with Crippen molar-refractivity contribution >= 4 is 17.7 Å². The summed E-state index contributed by atoms with van der Waals surface area (Å²) in [6.07, 6.45) is 7.20. The summed E-state index contributed by atoms with van der Waals surface area (Å²) in [6.45, 7) is 0. The zero-order chi connectivity index (χ0) is 15.1. The fraction of sp³-hybridized carbons (Fsp3) is 0.588. The smallest absolute Gasteiger partial charge is 0.237 e. The first-order chi connectivity index (χ1) is 10.2. The molecule has 4 heteroatoms. The van der Waals surface area contributed by atoms with Gasteiger partial charge in [-0.15, -0.1) is 0 Å². The van der Waals surface area contributed by atoms with E-state index in [1.807, 2.05) is 6.26 Å². The van der Waals surface area contributed by atoms with Crippen molar-refractivity contribution in [2.75, 3.05) is 12.0 Å². The lowest BCUT2D eigenvalue weighted by atomic mass is 9.81. The summed E-state index contributed by atoms with van der Waals surface area (Å²) in [4.78, 5) is 12.0. The Kier molecular flexibility index (Phi) is 6.58. The van der Waals surface area contributed by atoms with Crippen molar-refractivity contribution in [1.29, 1.82) is 0 Å². The molecule has 1 amide bonds. The van der Waals surface area contributed by atoms with E-state index in [0.717, 1.165) is 37.9 Å². The molecule has 116 valence electrons. The fourth-order valence-corrected chi connectivity index (χ4v) is 3.47. The largest absolute Gasteiger partial charge is 0.352 e. The maximum atomic E-state index is 12.0. The number of thioether (sulfide) groups is 1. The first-order valence-corrected chi connectivity index (χ1v) is 9.20. The number of hydrogen-bond donors (Lipinski definition) is 2. The van der Waals surface area contributed by atoms with E-state index in [-0.39, 0.29) is 11.9 Å². The molecule has 0 aliphatic heterocycles. The van der Waals surface area contributed by atoms with Crippen LogP contribution >= 0.6 is 11.8 Å². The average molecular weight is 306 g/mol. The predicted octanol–water partition coefficient (Wildman–Crippen LogP) is 2.91. The number of hydrogen-bond acceptors (Lipinski definition) is 3. The van der Waals surface area contributed by atoms with Crippen LogP contribution in [-0.4, -0.2) is 30.0 Å². The molecule has 1 fully saturated rings. The third kappa shape index (κ3) is 5.04. The molecule has 3 N–H and O–H groups in total. The van der Waals surface area contributed by atoms with Crippen LogP contribution in [0.3, 0.4) is 0 Å². The maximum Gasteiger partial charge on any atom is 0.237 e. The topological polar surface area (TPSA) is 55.1 Å². The third-order valence-electron chi connectivity index (χ3n) is 4.31. The van der Waals surface area contributed by atoms with Gasteiger partial charge in [-0.1, -0.05) is 30.3 Å². The Morgan fingerprint density at radius 3 is 2.57 bits per heavy atom. The zero-order valence-corrected chi connectivity index (χ0v) is 13.6. The van der Waals surface area contributed by atoms with Gasteiger partial charge < -0.3 is 11.1 Å². The summed E-state index contributed by atoms with van der Waals surface area (Å²) in [5.74, 6) is 1.60. The van der Waals surface area contributed by atoms with Crippen molar-refractivity contribution in [3.8, 4) is 0 Å². The lowest BCUT2D eigenvalue weighted by Crippen LogP contribution is -2.46. The zero-order valence-electron chi connectivity index (χ0n) is 12.8. The van der Waals surface area contributed by atoms with Crippen LogP contribution in [0, 0.1) is 0 Å². The normalized spacial score (nSPS) is 23.5. The van der Waals surface area contributed by atoms with Crippen LogP contribution < -0.4 is 11.1 Å². The van der Waals surface area contributed by atoms with Gasteiger partial charge in [0.2, 0.25) is 5.91 Å². The Hall–Kier alpha value is -1.00. The molecule has 1 aromatic rings. The van der Waals surface area contributed by atoms with E-state index in [9.17, 15) is 4.79 Å². The Labute approximate surface area is 132 Å². The number of nitrogens with two attached hydrogens (primary N) is 1. The highest BCUT2D eigenvalue weighted by Crippen LogP contribution is 2.32. The number of benzene rings is 1. The van der Waals surface area contributed by atoms with Crippen molar-refractivity contribution in [3.05, 3.63) is 35.9 Å². The second-order valence-electron chi connectivity index (χ2n) is 5.86. The number of carbonyl (C=O) groups is 1. The van der Waals surface area contributed by atoms with E-state index in [1.165, 1.54) is 5.56 Å². The number of amides is 1. The van der Waals surface area contributed by atoms with E-state index < -0.39 is 0 Å². The average Bonchev–Trinajstić information content (AvgIpc) is 2.54. The van der Waals surface area contributed by atoms with Gasteiger partial charge in [0.25, 0.3) is 0 Å². The van der Waals surface area contributed by atoms with Gasteiger partial charge in [0.15, 0.2) is 0 Å². The van der Waals surface area contributed by atoms with Gasteiger partial charge in [0.1, 0.15) is 0 Å². The quantitative estimate of drug-likeness (QED) is 0.849. The van der Waals surface area contributed by atoms with Crippen LogP contribution in [0.2, 0.25) is 0 Å². The lowest BCUT2D eigenvalue weighted by Gasteiger charge is -2.30. The van der Waals surface area contributed by atoms with Crippen molar-refractivity contribution < 1.29 is 4.79 Å². The monoisotopic (exact) mass is 306 g/mol. The van der Waals surface area contributed by atoms with Gasteiger partial charge in [-0.25, -0.2) is 0 Å². The van der Waals surface area contributed by atoms with E-state index in [2.05, 4.69) is 35.6 Å². The molecular weight excluding hydrogens is 280 g/mol. The van der Waals surface area contributed by atoms with Crippen LogP contribution in [0.4, 0.5) is 0 Å². The summed E-state index contributed by atoms with van der Waals surface area (Å²) in [7, 11) is 0. The number of rotatable bonds is 6. The van der Waals surface area contributed by atoms with Crippen molar-refractivity contribution in [2.45, 2.75) is 50.1 Å². The van der Waals surface area contributed by atoms with E-state index in [4.69, 9.17) is 5.73 Å². The molecule has 0 bridgehead atoms. The summed E-state index contributed by atoms with van der Waals surface area (Å²) >= 11 is 1.73. The molecule has 0 aromatic heterocycles. The van der Waals surface area contributed by atoms with Crippen LogP contribution in [0.1, 0.15) is 43.6 Å². The van der Waals surface area contributed by atoms with E-state index in [0.29, 0.717) is 12.0 Å². The summed E-state index contributed by atoms with van der Waals surface area (Å²) in [5, 5.41) is 3.13. The highest BCUT2D eigenvalue weighted by Gasteiger charge is 2.24. The minimum absolute atomic E-state index is 0.0206. The van der Waals surface area contributed by atoms with Crippen LogP contribution in [0.25, 0.3) is 0 Å². The van der Waals surface area contributed by atoms with Gasteiger partial charge in [-0.2, -0.15) is 11.8 Å². The SMILES string of the molecule is CSCC[C@H](N)C(=O)NC1CCC(c2ccccc2)CC1. The highest BCUT2D eigenvalue weighted by atomic mass is 32.2. The van der Waals surface area contributed by atoms with Crippen LogP contribution in [0.5, 0.6) is 0 Å². The molecule has 1 saturated carbocycles. The highest BCUT2D eigenvalue weighted by molar-refractivity contribution is 7.98. The van der Waals surface area contributed by atoms with E-state index in [1.54, 1.807) is 11.8 Å². The summed E-state index contributed by atoms with van der Waals surface area (Å²) < 4.78 is 0. The molecule has 0 spiro atoms. The minimum atomic E-state index is -0.357. The van der Waals surface area contributed by atoms with Gasteiger partial charge in [-0.05, 0) is 55.6 Å². The first-order valence-electron chi connectivity index (χ1n) is 7.80. The van der Waals surface area contributed by atoms with Crippen LogP contribution in [-0.2, 0) is 4.79 Å². The molecule has 1 aromatic carbocycles. The fourth-order valence-electron chi connectivity index (χ4n) is 2.98. The molecular formula is C17H26N2OS. The second kappa shape index (κ2) is 8.44. The molecule has 1 aliphatic rings. The van der Waals surface area contributed by atoms with Gasteiger partial charge in [0, 0.05) is 6.04 Å². The molecule has 0 saturated heterocycles. The molecule has 0 unspecified atom stereocenters. The van der Waals surface area contributed by atoms with Crippen molar-refractivity contribution in [3.63, 3.8) is 0 Å². The molecule has 2 rings (SSSR count). The molecule has 1 aliphatic carbocycles. The number of carbonyl (C=O) groups excluding carboxylic acids is 1. The van der Waals surface area contributed by atoms with Crippen LogP contribution in [0.15, 0.2) is 30.3 Å². The Bertz CT molecular complexity index is 430. The van der Waals surface area contributed by atoms with Crippen molar-refractivity contribution in [1.82, 2.24) is 5.32 Å². The van der Waals surface area contributed by atoms with E-state index >= 15 is 0 Å². The Balaban J connectivity index is 1.75. The second-order valence-corrected chi connectivity index (χ2v) is 6.84. The maximum absolute atomic E-state index is 12.0. The summed E-state index contributed by atoms with van der Waals surface area (Å²) in [5.41, 5.74) is 7.34. The molecule has 3 nitrogen and oxygen atoms in total. The van der Waals surface area contributed by atoms with Gasteiger partial charge in [0.05, 0.1) is 6.04 Å². The standard InChI is InChI=1S/C17H26N2OS/c1-21-12-11-16(18)17(20)19-15-9-7-14(8-10-15)13-5-3-2-4-6-13/h2-6,14-16H,7-12,18H2,1H3,(H,19,20)/t14?,15?,16-/m0/s1. The Morgan fingerprint density at radius 2 is 1.95 bits per heavy atom. The summed E-state index contributed by atoms with van der Waals surface area (Å²) in [6, 6.07) is 10.6. The van der Waals surface area contributed by atoms with Gasteiger partial charge in [-0.3, -0.25) is 4.79 Å². The Morgan fingerprint density at radius 1 is 1.29 bits per heavy atom. The molecule has 21 heavy (non-hydrogen) atoms. The van der Waals surface area contributed by atoms with Gasteiger partial charge >= 0.3 is 0 Å². The molecule has 1 atom stereocenters. The third-order valence-corrected chi connectivity index (χ3v) is 4.96. The molecule has 0 radical (unpaired) electrons.